The van der Waals surface area contributed by atoms with Gasteiger partial charge in [0.05, 0.1) is 17.8 Å². The second kappa shape index (κ2) is 5.94. The molecule has 7 heteroatoms. The molecule has 1 aliphatic heterocycles. The van der Waals surface area contributed by atoms with Crippen LogP contribution in [0.1, 0.15) is 26.3 Å². The third-order valence-corrected chi connectivity index (χ3v) is 4.06. The number of ketones is 1. The fraction of sp³-hybridized carbons (Fsp3) is 0.0625. The average molecular weight is 375 g/mol. The van der Waals surface area contributed by atoms with Crippen molar-refractivity contribution in [3.8, 4) is 0 Å². The van der Waals surface area contributed by atoms with Gasteiger partial charge in [-0.25, -0.2) is 5.48 Å². The minimum Gasteiger partial charge on any atom is -0.300 e. The van der Waals surface area contributed by atoms with Crippen LogP contribution < -0.4 is 10.4 Å². The first-order chi connectivity index (χ1) is 11.0. The van der Waals surface area contributed by atoms with Crippen molar-refractivity contribution in [3.63, 3.8) is 0 Å². The Morgan fingerprint density at radius 2 is 1.96 bits per heavy atom. The maximum Gasteiger partial charge on any atom is 0.299 e. The largest absolute Gasteiger partial charge is 0.300 e. The Balaban J connectivity index is 1.94. The highest BCUT2D eigenvalue weighted by Gasteiger charge is 2.35. The average Bonchev–Trinajstić information content (AvgIpc) is 2.79. The first-order valence-electron chi connectivity index (χ1n) is 6.70. The van der Waals surface area contributed by atoms with Crippen molar-refractivity contribution in [1.29, 1.82) is 0 Å². The van der Waals surface area contributed by atoms with Gasteiger partial charge < -0.3 is 4.90 Å². The van der Waals surface area contributed by atoms with Gasteiger partial charge in [0, 0.05) is 10.0 Å². The van der Waals surface area contributed by atoms with E-state index >= 15 is 0 Å². The van der Waals surface area contributed by atoms with Gasteiger partial charge in [-0.2, -0.15) is 0 Å². The first kappa shape index (κ1) is 15.4. The molecule has 1 aliphatic rings. The number of benzene rings is 2. The molecule has 2 aromatic carbocycles. The van der Waals surface area contributed by atoms with E-state index in [0.29, 0.717) is 16.8 Å². The molecular formula is C16H11BrN2O4. The molecule has 2 aromatic rings. The lowest BCUT2D eigenvalue weighted by Gasteiger charge is -2.17. The van der Waals surface area contributed by atoms with Crippen LogP contribution in [0, 0.1) is 0 Å². The number of fused-ring (bicyclic) bond motifs is 1. The number of amides is 2. The maximum atomic E-state index is 12.2. The smallest absolute Gasteiger partial charge is 0.299 e. The molecule has 1 heterocycles. The minimum atomic E-state index is -0.639. The van der Waals surface area contributed by atoms with Crippen LogP contribution in [0.5, 0.6) is 0 Å². The van der Waals surface area contributed by atoms with Gasteiger partial charge in [0.2, 0.25) is 0 Å². The van der Waals surface area contributed by atoms with Gasteiger partial charge in [-0.3, -0.25) is 19.6 Å². The molecule has 116 valence electrons. The molecule has 0 radical (unpaired) electrons. The molecule has 0 spiro atoms. The van der Waals surface area contributed by atoms with E-state index in [4.69, 9.17) is 5.21 Å². The van der Waals surface area contributed by atoms with E-state index < -0.39 is 17.6 Å². The van der Waals surface area contributed by atoms with Crippen LogP contribution in [0.15, 0.2) is 46.9 Å². The predicted molar refractivity (Wildman–Crippen MR) is 85.4 cm³/mol. The third-order valence-electron chi connectivity index (χ3n) is 3.56. The summed E-state index contributed by atoms with van der Waals surface area (Å²) in [6, 6.07) is 11.6. The van der Waals surface area contributed by atoms with Gasteiger partial charge in [-0.1, -0.05) is 28.1 Å². The Morgan fingerprint density at radius 3 is 2.70 bits per heavy atom. The maximum absolute atomic E-state index is 12.2. The predicted octanol–water partition coefficient (Wildman–Crippen LogP) is 2.30. The standard InChI is InChI=1S/C16H11BrN2O4/c17-11-4-5-13-12(7-11)14(20)16(22)19(13)8-9-2-1-3-10(6-9)15(21)18-23/h1-7,23H,8H2,(H,18,21). The molecule has 3 rings (SSSR count). The summed E-state index contributed by atoms with van der Waals surface area (Å²) in [4.78, 5) is 37.1. The summed E-state index contributed by atoms with van der Waals surface area (Å²) in [6.07, 6.45) is 0. The normalized spacial score (nSPS) is 13.2. The van der Waals surface area contributed by atoms with E-state index in [0.717, 1.165) is 4.47 Å². The van der Waals surface area contributed by atoms with Gasteiger partial charge in [0.1, 0.15) is 0 Å². The fourth-order valence-corrected chi connectivity index (χ4v) is 2.85. The van der Waals surface area contributed by atoms with Crippen molar-refractivity contribution in [2.75, 3.05) is 4.90 Å². The number of anilines is 1. The molecule has 0 saturated heterocycles. The molecule has 6 nitrogen and oxygen atoms in total. The zero-order chi connectivity index (χ0) is 16.6. The highest BCUT2D eigenvalue weighted by Crippen LogP contribution is 2.32. The number of hydrogen-bond donors (Lipinski definition) is 2. The number of nitrogens with zero attached hydrogens (tertiary/aromatic N) is 1. The minimum absolute atomic E-state index is 0.158. The summed E-state index contributed by atoms with van der Waals surface area (Å²) in [5.74, 6) is -1.79. The zero-order valence-electron chi connectivity index (χ0n) is 11.7. The summed E-state index contributed by atoms with van der Waals surface area (Å²) < 4.78 is 0.723. The topological polar surface area (TPSA) is 86.7 Å². The molecule has 0 saturated carbocycles. The molecule has 0 aromatic heterocycles. The van der Waals surface area contributed by atoms with Gasteiger partial charge in [-0.05, 0) is 35.9 Å². The summed E-state index contributed by atoms with van der Waals surface area (Å²) >= 11 is 3.28. The number of halogens is 1. The Kier molecular flexibility index (Phi) is 3.97. The monoisotopic (exact) mass is 374 g/mol. The third kappa shape index (κ3) is 2.76. The molecular weight excluding hydrogens is 364 g/mol. The lowest BCUT2D eigenvalue weighted by Crippen LogP contribution is -2.29. The van der Waals surface area contributed by atoms with Crippen LogP contribution in [0.25, 0.3) is 0 Å². The van der Waals surface area contributed by atoms with Crippen molar-refractivity contribution in [2.24, 2.45) is 0 Å². The summed E-state index contributed by atoms with van der Waals surface area (Å²) in [6.45, 7) is 0.158. The molecule has 0 atom stereocenters. The second-order valence-electron chi connectivity index (χ2n) is 5.02. The van der Waals surface area contributed by atoms with Crippen molar-refractivity contribution in [1.82, 2.24) is 5.48 Å². The van der Waals surface area contributed by atoms with Gasteiger partial charge in [0.25, 0.3) is 17.6 Å². The summed E-state index contributed by atoms with van der Waals surface area (Å²) in [7, 11) is 0. The van der Waals surface area contributed by atoms with E-state index in [9.17, 15) is 14.4 Å². The van der Waals surface area contributed by atoms with E-state index in [2.05, 4.69) is 15.9 Å². The number of carbonyl (C=O) groups is 3. The van der Waals surface area contributed by atoms with Crippen molar-refractivity contribution < 1.29 is 19.6 Å². The van der Waals surface area contributed by atoms with Gasteiger partial charge in [0.15, 0.2) is 0 Å². The SMILES string of the molecule is O=C(NO)c1cccc(CN2C(=O)C(=O)c3cc(Br)ccc32)c1. The van der Waals surface area contributed by atoms with Crippen LogP contribution >= 0.6 is 15.9 Å². The van der Waals surface area contributed by atoms with E-state index in [1.165, 1.54) is 11.0 Å². The van der Waals surface area contributed by atoms with Gasteiger partial charge in [-0.15, -0.1) is 0 Å². The van der Waals surface area contributed by atoms with Gasteiger partial charge >= 0.3 is 0 Å². The quantitative estimate of drug-likeness (QED) is 0.490. The molecule has 23 heavy (non-hydrogen) atoms. The molecule has 0 bridgehead atoms. The van der Waals surface area contributed by atoms with Crippen LogP contribution in [-0.4, -0.2) is 22.8 Å². The second-order valence-corrected chi connectivity index (χ2v) is 5.94. The number of Topliss-reactive ketones (excluding diaryl/α,β-unsaturated/α-hetero) is 1. The van der Waals surface area contributed by atoms with E-state index in [1.54, 1.807) is 41.9 Å². The fourth-order valence-electron chi connectivity index (χ4n) is 2.49. The van der Waals surface area contributed by atoms with Crippen LogP contribution in [0.3, 0.4) is 0 Å². The Morgan fingerprint density at radius 1 is 1.17 bits per heavy atom. The van der Waals surface area contributed by atoms with E-state index in [-0.39, 0.29) is 12.1 Å². The summed E-state index contributed by atoms with van der Waals surface area (Å²) in [5.41, 5.74) is 3.39. The van der Waals surface area contributed by atoms with Crippen molar-refractivity contribution >= 4 is 39.2 Å². The highest BCUT2D eigenvalue weighted by atomic mass is 79.9. The van der Waals surface area contributed by atoms with Crippen LogP contribution in [0.2, 0.25) is 0 Å². The van der Waals surface area contributed by atoms with Crippen molar-refractivity contribution in [3.05, 3.63) is 63.6 Å². The molecule has 0 fully saturated rings. The Labute approximate surface area is 139 Å². The van der Waals surface area contributed by atoms with Crippen molar-refractivity contribution in [2.45, 2.75) is 6.54 Å². The highest BCUT2D eigenvalue weighted by molar-refractivity contribution is 9.10. The first-order valence-corrected chi connectivity index (χ1v) is 7.49. The lowest BCUT2D eigenvalue weighted by atomic mass is 10.1. The molecule has 0 unspecified atom stereocenters. The Hall–Kier alpha value is -2.51. The van der Waals surface area contributed by atoms with Crippen LogP contribution in [0.4, 0.5) is 5.69 Å². The number of nitrogens with one attached hydrogen (secondary N) is 1. The molecule has 0 aliphatic carbocycles. The van der Waals surface area contributed by atoms with Crippen LogP contribution in [-0.2, 0) is 11.3 Å². The molecule has 2 amide bonds. The summed E-state index contributed by atoms with van der Waals surface area (Å²) in [5, 5.41) is 8.68. The molecule has 2 N–H and O–H groups in total. The van der Waals surface area contributed by atoms with E-state index in [1.807, 2.05) is 0 Å². The number of rotatable bonds is 3. The number of hydrogen-bond acceptors (Lipinski definition) is 4. The zero-order valence-corrected chi connectivity index (χ0v) is 13.3. The Bertz CT molecular complexity index is 835. The lowest BCUT2D eigenvalue weighted by molar-refractivity contribution is -0.114. The number of hydroxylamine groups is 1. The number of carbonyl (C=O) groups excluding carboxylic acids is 3.